The van der Waals surface area contributed by atoms with Gasteiger partial charge in [-0.15, -0.1) is 3.89 Å². The van der Waals surface area contributed by atoms with E-state index in [1.807, 2.05) is 0 Å². The zero-order chi connectivity index (χ0) is 10.8. The molecule has 0 saturated carbocycles. The van der Waals surface area contributed by atoms with Gasteiger partial charge in [0.2, 0.25) is 0 Å². The summed E-state index contributed by atoms with van der Waals surface area (Å²) in [4.78, 5) is 3.52. The third-order valence-electron chi connectivity index (χ3n) is 1.79. The number of nitrogens with zero attached hydrogens (tertiary/aromatic N) is 1. The molecule has 1 aromatic heterocycles. The van der Waals surface area contributed by atoms with Crippen molar-refractivity contribution >= 4 is 10.2 Å². The fraction of sp³-hybridized carbons (Fsp3) is 0.375. The molecule has 0 spiro atoms. The number of aromatic nitrogens is 1. The van der Waals surface area contributed by atoms with Crippen molar-refractivity contribution in [2.75, 3.05) is 0 Å². The molecule has 1 atom stereocenters. The molecule has 0 aliphatic carbocycles. The van der Waals surface area contributed by atoms with Crippen LogP contribution in [0.4, 0.5) is 8.28 Å². The largest absolute Gasteiger partial charge is 0.311 e. The summed E-state index contributed by atoms with van der Waals surface area (Å²) in [6.45, 7) is 1.52. The minimum absolute atomic E-state index is 0.0244. The van der Waals surface area contributed by atoms with Crippen LogP contribution in [0.25, 0.3) is 0 Å². The minimum Gasteiger partial charge on any atom is -0.257 e. The Morgan fingerprint density at radius 1 is 1.50 bits per heavy atom. The Hall–Kier alpha value is -1.04. The van der Waals surface area contributed by atoms with Gasteiger partial charge in [0.1, 0.15) is 11.1 Å². The van der Waals surface area contributed by atoms with Crippen LogP contribution < -0.4 is 0 Å². The fourth-order valence-corrected chi connectivity index (χ4v) is 1.96. The molecule has 1 rings (SSSR count). The lowest BCUT2D eigenvalue weighted by atomic mass is 10.2. The highest BCUT2D eigenvalue weighted by atomic mass is 32.3. The molecule has 0 amide bonds. The first kappa shape index (κ1) is 11.0. The highest BCUT2D eigenvalue weighted by molar-refractivity contribution is 7.86. The summed E-state index contributed by atoms with van der Waals surface area (Å²) in [5, 5.41) is -1.30. The second-order valence-electron chi connectivity index (χ2n) is 2.77. The molecular formula is C8H9F2NO2S. The summed E-state index contributed by atoms with van der Waals surface area (Å²) < 4.78 is 46.4. The summed E-state index contributed by atoms with van der Waals surface area (Å²) in [5.41, 5.74) is 0.0244. The Morgan fingerprint density at radius 2 is 2.14 bits per heavy atom. The van der Waals surface area contributed by atoms with Gasteiger partial charge >= 0.3 is 10.2 Å². The van der Waals surface area contributed by atoms with E-state index in [4.69, 9.17) is 0 Å². The Morgan fingerprint density at radius 3 is 2.50 bits per heavy atom. The minimum atomic E-state index is -4.67. The van der Waals surface area contributed by atoms with Crippen LogP contribution in [-0.4, -0.2) is 13.4 Å². The summed E-state index contributed by atoms with van der Waals surface area (Å²) in [6, 6.07) is 2.22. The molecule has 6 heteroatoms. The molecule has 0 bridgehead atoms. The maximum Gasteiger partial charge on any atom is 0.311 e. The molecule has 0 aliphatic heterocycles. The molecule has 0 aliphatic rings. The Bertz CT molecular complexity index is 402. The van der Waals surface area contributed by atoms with Crippen molar-refractivity contribution in [1.29, 1.82) is 0 Å². The van der Waals surface area contributed by atoms with Crippen LogP contribution in [0.5, 0.6) is 0 Å². The predicted octanol–water partition coefficient (Wildman–Crippen LogP) is 1.97. The summed E-state index contributed by atoms with van der Waals surface area (Å²) in [5.74, 6) is -0.583. The van der Waals surface area contributed by atoms with Gasteiger partial charge < -0.3 is 0 Å². The molecule has 3 nitrogen and oxygen atoms in total. The summed E-state index contributed by atoms with van der Waals surface area (Å²) in [7, 11) is -4.67. The van der Waals surface area contributed by atoms with Crippen molar-refractivity contribution in [3.8, 4) is 0 Å². The maximum atomic E-state index is 12.7. The molecule has 78 valence electrons. The van der Waals surface area contributed by atoms with Crippen LogP contribution in [0, 0.1) is 5.82 Å². The quantitative estimate of drug-likeness (QED) is 0.733. The van der Waals surface area contributed by atoms with Crippen LogP contribution in [0.15, 0.2) is 18.3 Å². The van der Waals surface area contributed by atoms with Crippen LogP contribution in [0.2, 0.25) is 0 Å². The van der Waals surface area contributed by atoms with E-state index >= 15 is 0 Å². The first-order valence-corrected chi connectivity index (χ1v) is 5.44. The van der Waals surface area contributed by atoms with Crippen LogP contribution in [0.3, 0.4) is 0 Å². The van der Waals surface area contributed by atoms with E-state index in [1.54, 1.807) is 0 Å². The maximum absolute atomic E-state index is 12.7. The van der Waals surface area contributed by atoms with Gasteiger partial charge in [0.25, 0.3) is 0 Å². The standard InChI is InChI=1S/C8H9F2NO2S/c1-2-8(14(10,12)13)7-4-3-6(9)5-11-7/h3-5,8H,2H2,1H3. The van der Waals surface area contributed by atoms with Gasteiger partial charge in [-0.3, -0.25) is 4.98 Å². The van der Waals surface area contributed by atoms with Gasteiger partial charge in [0.15, 0.2) is 0 Å². The van der Waals surface area contributed by atoms with Crippen molar-refractivity contribution in [3.05, 3.63) is 29.8 Å². The first-order chi connectivity index (χ1) is 6.45. The molecule has 0 N–H and O–H groups in total. The average molecular weight is 221 g/mol. The van der Waals surface area contributed by atoms with Crippen molar-refractivity contribution in [2.45, 2.75) is 18.6 Å². The van der Waals surface area contributed by atoms with Crippen LogP contribution in [-0.2, 0) is 10.2 Å². The van der Waals surface area contributed by atoms with E-state index in [9.17, 15) is 16.7 Å². The number of hydrogen-bond donors (Lipinski definition) is 0. The van der Waals surface area contributed by atoms with Crippen molar-refractivity contribution in [3.63, 3.8) is 0 Å². The summed E-state index contributed by atoms with van der Waals surface area (Å²) in [6.07, 6.45) is 0.931. The average Bonchev–Trinajstić information content (AvgIpc) is 2.07. The van der Waals surface area contributed by atoms with Gasteiger partial charge in [0, 0.05) is 0 Å². The van der Waals surface area contributed by atoms with Gasteiger partial charge in [-0.05, 0) is 18.6 Å². The lowest BCUT2D eigenvalue weighted by Crippen LogP contribution is -2.08. The number of pyridine rings is 1. The van der Waals surface area contributed by atoms with E-state index in [-0.39, 0.29) is 12.1 Å². The van der Waals surface area contributed by atoms with Gasteiger partial charge in [-0.2, -0.15) is 8.42 Å². The zero-order valence-electron chi connectivity index (χ0n) is 7.44. The first-order valence-electron chi connectivity index (χ1n) is 4.00. The molecule has 1 heterocycles. The third-order valence-corrected chi connectivity index (χ3v) is 3.05. The molecular weight excluding hydrogens is 212 g/mol. The molecule has 0 saturated heterocycles. The lowest BCUT2D eigenvalue weighted by Gasteiger charge is -2.08. The molecule has 0 aromatic carbocycles. The second-order valence-corrected chi connectivity index (χ2v) is 4.29. The zero-order valence-corrected chi connectivity index (χ0v) is 8.26. The Kier molecular flexibility index (Phi) is 3.15. The molecule has 14 heavy (non-hydrogen) atoms. The van der Waals surface area contributed by atoms with Gasteiger partial charge in [0.05, 0.1) is 11.9 Å². The number of hydrogen-bond acceptors (Lipinski definition) is 3. The van der Waals surface area contributed by atoms with E-state index in [0.29, 0.717) is 0 Å². The summed E-state index contributed by atoms with van der Waals surface area (Å²) >= 11 is 0. The van der Waals surface area contributed by atoms with E-state index in [2.05, 4.69) is 4.98 Å². The fourth-order valence-electron chi connectivity index (χ4n) is 1.13. The highest BCUT2D eigenvalue weighted by Gasteiger charge is 2.25. The Balaban J connectivity index is 3.08. The van der Waals surface area contributed by atoms with E-state index < -0.39 is 21.3 Å². The highest BCUT2D eigenvalue weighted by Crippen LogP contribution is 2.25. The molecule has 1 aromatic rings. The molecule has 1 unspecified atom stereocenters. The second kappa shape index (κ2) is 4.00. The van der Waals surface area contributed by atoms with Crippen molar-refractivity contribution in [2.24, 2.45) is 0 Å². The van der Waals surface area contributed by atoms with Crippen molar-refractivity contribution < 1.29 is 16.7 Å². The number of rotatable bonds is 3. The lowest BCUT2D eigenvalue weighted by molar-refractivity contribution is 0.530. The predicted molar refractivity (Wildman–Crippen MR) is 47.3 cm³/mol. The van der Waals surface area contributed by atoms with Gasteiger partial charge in [-0.1, -0.05) is 6.92 Å². The SMILES string of the molecule is CCC(c1ccc(F)cn1)S(=O)(=O)F. The van der Waals surface area contributed by atoms with Crippen LogP contribution >= 0.6 is 0 Å². The monoisotopic (exact) mass is 221 g/mol. The van der Waals surface area contributed by atoms with Crippen molar-refractivity contribution in [1.82, 2.24) is 4.98 Å². The molecule has 0 radical (unpaired) electrons. The third kappa shape index (κ3) is 2.47. The van der Waals surface area contributed by atoms with E-state index in [0.717, 1.165) is 12.3 Å². The number of halogens is 2. The normalized spacial score (nSPS) is 13.9. The van der Waals surface area contributed by atoms with E-state index in [1.165, 1.54) is 13.0 Å². The topological polar surface area (TPSA) is 47.0 Å². The molecule has 0 fully saturated rings. The Labute approximate surface area is 81.0 Å². The van der Waals surface area contributed by atoms with Gasteiger partial charge in [-0.25, -0.2) is 4.39 Å². The smallest absolute Gasteiger partial charge is 0.257 e. The van der Waals surface area contributed by atoms with Crippen LogP contribution in [0.1, 0.15) is 24.3 Å².